The summed E-state index contributed by atoms with van der Waals surface area (Å²) in [5.41, 5.74) is 2.25. The van der Waals surface area contributed by atoms with E-state index in [9.17, 15) is 26.7 Å². The number of sulfone groups is 2. The molecule has 1 atom stereocenters. The van der Waals surface area contributed by atoms with Gasteiger partial charge in [-0.2, -0.15) is 0 Å². The van der Waals surface area contributed by atoms with Crippen molar-refractivity contribution in [1.82, 2.24) is 0 Å². The van der Waals surface area contributed by atoms with Crippen LogP contribution in [0.1, 0.15) is 36.8 Å². The van der Waals surface area contributed by atoms with E-state index < -0.39 is 32.2 Å². The molecular formula is C27H26Cl2O6S2. The predicted octanol–water partition coefficient (Wildman–Crippen LogP) is 5.28. The maximum Gasteiger partial charge on any atom is 0.181 e. The second-order valence-corrected chi connectivity index (χ2v) is 14.4. The highest BCUT2D eigenvalue weighted by Crippen LogP contribution is 2.38. The van der Waals surface area contributed by atoms with E-state index in [1.54, 1.807) is 43.3 Å². The standard InChI is InChI=1S/C27H26Cl2O6S2/c1-2-36(32,33)20-7-3-18(4-8-20)23(16-30)26(31)15-17-13-24(28)27(25(29)14-17)19-5-9-21(10-6-19)37(34,35)22-11-12-22/h3-10,13-14,22-23,30H,2,11-12,15-16H2,1H3. The number of benzene rings is 3. The number of halogens is 2. The van der Waals surface area contributed by atoms with Crippen molar-refractivity contribution >= 4 is 48.7 Å². The van der Waals surface area contributed by atoms with Crippen molar-refractivity contribution in [2.24, 2.45) is 0 Å². The molecule has 6 nitrogen and oxygen atoms in total. The number of aliphatic hydroxyl groups excluding tert-OH is 1. The highest BCUT2D eigenvalue weighted by Gasteiger charge is 2.36. The molecule has 1 unspecified atom stereocenters. The normalized spacial score (nSPS) is 14.9. The summed E-state index contributed by atoms with van der Waals surface area (Å²) in [6, 6.07) is 15.6. The van der Waals surface area contributed by atoms with Crippen LogP contribution in [0.4, 0.5) is 0 Å². The number of Topliss-reactive ketones (excluding diaryl/α,β-unsaturated/α-hetero) is 1. The van der Waals surface area contributed by atoms with Gasteiger partial charge in [-0.25, -0.2) is 16.8 Å². The average molecular weight is 582 g/mol. The molecule has 10 heteroatoms. The zero-order valence-corrected chi connectivity index (χ0v) is 23.2. The van der Waals surface area contributed by atoms with Gasteiger partial charge in [-0.3, -0.25) is 4.79 Å². The summed E-state index contributed by atoms with van der Waals surface area (Å²) in [7, 11) is -6.67. The van der Waals surface area contributed by atoms with E-state index >= 15 is 0 Å². The van der Waals surface area contributed by atoms with Crippen molar-refractivity contribution < 1.29 is 26.7 Å². The first kappa shape index (κ1) is 27.8. The van der Waals surface area contributed by atoms with Gasteiger partial charge in [-0.15, -0.1) is 0 Å². The first-order chi connectivity index (χ1) is 17.5. The van der Waals surface area contributed by atoms with Crippen LogP contribution in [0.3, 0.4) is 0 Å². The van der Waals surface area contributed by atoms with Crippen molar-refractivity contribution in [2.75, 3.05) is 12.4 Å². The Labute approximate surface area is 227 Å². The van der Waals surface area contributed by atoms with Crippen LogP contribution in [-0.4, -0.2) is 45.3 Å². The smallest absolute Gasteiger partial charge is 0.181 e. The highest BCUT2D eigenvalue weighted by molar-refractivity contribution is 7.92. The van der Waals surface area contributed by atoms with E-state index in [1.807, 2.05) is 0 Å². The number of hydrogen-bond acceptors (Lipinski definition) is 6. The van der Waals surface area contributed by atoms with Gasteiger partial charge in [0.1, 0.15) is 5.78 Å². The Bertz CT molecular complexity index is 1500. The van der Waals surface area contributed by atoms with Gasteiger partial charge in [0.05, 0.1) is 43.4 Å². The largest absolute Gasteiger partial charge is 0.395 e. The van der Waals surface area contributed by atoms with Crippen LogP contribution in [0, 0.1) is 0 Å². The van der Waals surface area contributed by atoms with E-state index in [4.69, 9.17) is 23.2 Å². The zero-order valence-electron chi connectivity index (χ0n) is 20.0. The number of hydrogen-bond donors (Lipinski definition) is 1. The summed E-state index contributed by atoms with van der Waals surface area (Å²) in [4.78, 5) is 13.5. The van der Waals surface area contributed by atoms with Crippen molar-refractivity contribution in [3.63, 3.8) is 0 Å². The molecule has 1 aliphatic carbocycles. The molecule has 196 valence electrons. The van der Waals surface area contributed by atoms with Crippen LogP contribution in [0.15, 0.2) is 70.5 Å². The molecule has 4 rings (SSSR count). The molecule has 3 aromatic rings. The van der Waals surface area contributed by atoms with Crippen LogP contribution in [0.2, 0.25) is 10.0 Å². The molecule has 0 aliphatic heterocycles. The monoisotopic (exact) mass is 580 g/mol. The summed E-state index contributed by atoms with van der Waals surface area (Å²) in [6.07, 6.45) is 1.33. The molecule has 1 aliphatic rings. The third kappa shape index (κ3) is 5.94. The molecule has 0 heterocycles. The first-order valence-electron chi connectivity index (χ1n) is 11.8. The molecule has 0 saturated heterocycles. The van der Waals surface area contributed by atoms with E-state index in [1.165, 1.54) is 24.3 Å². The Morgan fingerprint density at radius 2 is 1.46 bits per heavy atom. The van der Waals surface area contributed by atoms with Gasteiger partial charge in [0.25, 0.3) is 0 Å². The lowest BCUT2D eigenvalue weighted by Gasteiger charge is -2.16. The first-order valence-corrected chi connectivity index (χ1v) is 15.7. The Balaban J connectivity index is 1.53. The maximum absolute atomic E-state index is 13.0. The van der Waals surface area contributed by atoms with Crippen molar-refractivity contribution in [2.45, 2.75) is 47.1 Å². The van der Waals surface area contributed by atoms with Gasteiger partial charge in [0, 0.05) is 12.0 Å². The van der Waals surface area contributed by atoms with Crippen molar-refractivity contribution in [1.29, 1.82) is 0 Å². The van der Waals surface area contributed by atoms with E-state index in [0.29, 0.717) is 45.1 Å². The molecule has 3 aromatic carbocycles. The van der Waals surface area contributed by atoms with Gasteiger partial charge in [-0.05, 0) is 65.9 Å². The van der Waals surface area contributed by atoms with E-state index in [2.05, 4.69) is 0 Å². The Hall–Kier alpha value is -2.23. The molecule has 0 aromatic heterocycles. The van der Waals surface area contributed by atoms with Gasteiger partial charge in [-0.1, -0.05) is 54.4 Å². The quantitative estimate of drug-likeness (QED) is 0.350. The van der Waals surface area contributed by atoms with Crippen molar-refractivity contribution in [3.8, 4) is 11.1 Å². The third-order valence-corrected chi connectivity index (χ3v) is 11.1. The zero-order chi connectivity index (χ0) is 27.0. The van der Waals surface area contributed by atoms with Crippen LogP contribution in [0.5, 0.6) is 0 Å². The van der Waals surface area contributed by atoms with E-state index in [0.717, 1.165) is 0 Å². The minimum absolute atomic E-state index is 0.0318. The minimum Gasteiger partial charge on any atom is -0.395 e. The van der Waals surface area contributed by atoms with Crippen molar-refractivity contribution in [3.05, 3.63) is 81.8 Å². The molecule has 0 amide bonds. The summed E-state index contributed by atoms with van der Waals surface area (Å²) in [5.74, 6) is -1.14. The third-order valence-electron chi connectivity index (χ3n) is 6.51. The number of rotatable bonds is 10. The molecular weight excluding hydrogens is 555 g/mol. The predicted molar refractivity (Wildman–Crippen MR) is 145 cm³/mol. The van der Waals surface area contributed by atoms with Gasteiger partial charge in [0.2, 0.25) is 0 Å². The average Bonchev–Trinajstić information content (AvgIpc) is 3.71. The fourth-order valence-corrected chi connectivity index (χ4v) is 7.47. The number of carbonyl (C=O) groups is 1. The van der Waals surface area contributed by atoms with Gasteiger partial charge < -0.3 is 5.11 Å². The maximum atomic E-state index is 13.0. The van der Waals surface area contributed by atoms with Gasteiger partial charge in [0.15, 0.2) is 19.7 Å². The molecule has 1 N–H and O–H groups in total. The van der Waals surface area contributed by atoms with Crippen LogP contribution in [-0.2, 0) is 30.9 Å². The second kappa shape index (κ2) is 10.9. The minimum atomic E-state index is -3.37. The van der Waals surface area contributed by atoms with Crippen LogP contribution < -0.4 is 0 Å². The SMILES string of the molecule is CCS(=O)(=O)c1ccc(C(CO)C(=O)Cc2cc(Cl)c(-c3ccc(S(=O)(=O)C4CC4)cc3)c(Cl)c2)cc1. The molecule has 0 spiro atoms. The Kier molecular flexibility index (Phi) is 8.16. The topological polar surface area (TPSA) is 106 Å². The lowest BCUT2D eigenvalue weighted by atomic mass is 9.91. The fraction of sp³-hybridized carbons (Fsp3) is 0.296. The number of carbonyl (C=O) groups excluding carboxylic acids is 1. The van der Waals surface area contributed by atoms with E-state index in [-0.39, 0.29) is 33.0 Å². The second-order valence-electron chi connectivity index (χ2n) is 9.05. The Morgan fingerprint density at radius 1 is 0.919 bits per heavy atom. The van der Waals surface area contributed by atoms with Gasteiger partial charge >= 0.3 is 0 Å². The lowest BCUT2D eigenvalue weighted by molar-refractivity contribution is -0.120. The molecule has 1 saturated carbocycles. The molecule has 0 radical (unpaired) electrons. The number of ketones is 1. The Morgan fingerprint density at radius 3 is 1.95 bits per heavy atom. The lowest BCUT2D eigenvalue weighted by Crippen LogP contribution is -2.19. The number of aliphatic hydroxyl groups is 1. The van der Waals surface area contributed by atoms with Crippen LogP contribution >= 0.6 is 23.2 Å². The van der Waals surface area contributed by atoms with Crippen LogP contribution in [0.25, 0.3) is 11.1 Å². The summed E-state index contributed by atoms with van der Waals surface area (Å²) in [6.45, 7) is 1.12. The highest BCUT2D eigenvalue weighted by atomic mass is 35.5. The molecule has 37 heavy (non-hydrogen) atoms. The summed E-state index contributed by atoms with van der Waals surface area (Å²) in [5, 5.41) is 10.2. The summed E-state index contributed by atoms with van der Waals surface area (Å²) < 4.78 is 49.0. The molecule has 0 bridgehead atoms. The fourth-order valence-electron chi connectivity index (χ4n) is 4.18. The molecule has 1 fully saturated rings. The summed E-state index contributed by atoms with van der Waals surface area (Å²) >= 11 is 13.1.